The van der Waals surface area contributed by atoms with Crippen molar-refractivity contribution in [3.05, 3.63) is 57.6 Å². The third-order valence-corrected chi connectivity index (χ3v) is 3.86. The van der Waals surface area contributed by atoms with Crippen molar-refractivity contribution in [3.8, 4) is 0 Å². The van der Waals surface area contributed by atoms with E-state index in [0.29, 0.717) is 11.3 Å². The molecule has 0 aromatic heterocycles. The van der Waals surface area contributed by atoms with Crippen LogP contribution >= 0.6 is 15.9 Å². The molecule has 4 nitrogen and oxygen atoms in total. The van der Waals surface area contributed by atoms with Crippen LogP contribution in [0.15, 0.2) is 40.9 Å². The van der Waals surface area contributed by atoms with Crippen LogP contribution in [0.5, 0.6) is 0 Å². The van der Waals surface area contributed by atoms with Crippen LogP contribution in [0.1, 0.15) is 21.5 Å². The van der Waals surface area contributed by atoms with E-state index in [-0.39, 0.29) is 5.91 Å². The zero-order valence-corrected chi connectivity index (χ0v) is 12.9. The molecule has 0 unspecified atom stereocenters. The second-order valence-corrected chi connectivity index (χ2v) is 5.47. The average molecular weight is 334 g/mol. The number of hydrogen-bond acceptors (Lipinski definition) is 3. The molecular formula is C15H16BrN3O. The van der Waals surface area contributed by atoms with E-state index >= 15 is 0 Å². The first-order valence-electron chi connectivity index (χ1n) is 6.16. The van der Waals surface area contributed by atoms with Gasteiger partial charge in [-0.3, -0.25) is 10.6 Å². The molecule has 0 aliphatic carbocycles. The van der Waals surface area contributed by atoms with Gasteiger partial charge in [-0.2, -0.15) is 0 Å². The number of hydrazine groups is 1. The summed E-state index contributed by atoms with van der Waals surface area (Å²) in [6.07, 6.45) is 0. The van der Waals surface area contributed by atoms with E-state index in [4.69, 9.17) is 5.84 Å². The van der Waals surface area contributed by atoms with Crippen LogP contribution in [0.2, 0.25) is 0 Å². The normalized spacial score (nSPS) is 10.2. The Labute approximate surface area is 126 Å². The van der Waals surface area contributed by atoms with Gasteiger partial charge in [0, 0.05) is 10.2 Å². The second kappa shape index (κ2) is 6.07. The second-order valence-electron chi connectivity index (χ2n) is 4.61. The van der Waals surface area contributed by atoms with E-state index in [0.717, 1.165) is 21.3 Å². The van der Waals surface area contributed by atoms with Crippen molar-refractivity contribution in [1.82, 2.24) is 0 Å². The largest absolute Gasteiger partial charge is 0.323 e. The van der Waals surface area contributed by atoms with Gasteiger partial charge in [-0.15, -0.1) is 0 Å². The molecule has 2 rings (SSSR count). The van der Waals surface area contributed by atoms with Gasteiger partial charge in [-0.1, -0.05) is 28.1 Å². The van der Waals surface area contributed by atoms with E-state index in [1.165, 1.54) is 0 Å². The van der Waals surface area contributed by atoms with E-state index < -0.39 is 0 Å². The molecule has 0 saturated carbocycles. The number of carbonyl (C=O) groups is 1. The van der Waals surface area contributed by atoms with Gasteiger partial charge in [0.15, 0.2) is 0 Å². The molecule has 0 heterocycles. The van der Waals surface area contributed by atoms with Crippen LogP contribution in [0.3, 0.4) is 0 Å². The minimum absolute atomic E-state index is 0.200. The molecule has 4 N–H and O–H groups in total. The highest BCUT2D eigenvalue weighted by Crippen LogP contribution is 2.22. The quantitative estimate of drug-likeness (QED) is 0.593. The molecule has 2 aromatic carbocycles. The monoisotopic (exact) mass is 333 g/mol. The Morgan fingerprint density at radius 1 is 1.15 bits per heavy atom. The number of aryl methyl sites for hydroxylation is 2. The fraction of sp³-hybridized carbons (Fsp3) is 0.133. The minimum atomic E-state index is -0.200. The number of anilines is 2. The molecule has 0 spiro atoms. The smallest absolute Gasteiger partial charge is 0.257 e. The van der Waals surface area contributed by atoms with Crippen LogP contribution in [-0.2, 0) is 0 Å². The van der Waals surface area contributed by atoms with Crippen LogP contribution in [-0.4, -0.2) is 5.91 Å². The molecule has 0 aliphatic heterocycles. The lowest BCUT2D eigenvalue weighted by molar-refractivity contribution is 0.102. The summed E-state index contributed by atoms with van der Waals surface area (Å²) in [5.41, 5.74) is 6.55. The molecule has 0 aliphatic rings. The summed E-state index contributed by atoms with van der Waals surface area (Å²) < 4.78 is 0.955. The van der Waals surface area contributed by atoms with Gasteiger partial charge >= 0.3 is 0 Å². The van der Waals surface area contributed by atoms with Crippen LogP contribution in [0.25, 0.3) is 0 Å². The summed E-state index contributed by atoms with van der Waals surface area (Å²) in [5.74, 6) is 5.26. The molecule has 0 atom stereocenters. The number of hydrogen-bond donors (Lipinski definition) is 3. The Kier molecular flexibility index (Phi) is 4.42. The molecule has 0 bridgehead atoms. The van der Waals surface area contributed by atoms with Gasteiger partial charge in [0.2, 0.25) is 0 Å². The summed E-state index contributed by atoms with van der Waals surface area (Å²) in [5, 5.41) is 2.86. The Morgan fingerprint density at radius 3 is 2.55 bits per heavy atom. The molecule has 20 heavy (non-hydrogen) atoms. The number of halogens is 1. The van der Waals surface area contributed by atoms with Crippen molar-refractivity contribution in [2.24, 2.45) is 5.84 Å². The summed E-state index contributed by atoms with van der Waals surface area (Å²) in [4.78, 5) is 12.3. The maximum atomic E-state index is 12.3. The number of nitrogens with two attached hydrogens (primary N) is 1. The summed E-state index contributed by atoms with van der Waals surface area (Å²) in [6, 6.07) is 11.1. The number of rotatable bonds is 3. The summed E-state index contributed by atoms with van der Waals surface area (Å²) >= 11 is 3.45. The zero-order chi connectivity index (χ0) is 14.7. The third-order valence-electron chi connectivity index (χ3n) is 3.00. The van der Waals surface area contributed by atoms with Crippen molar-refractivity contribution in [2.45, 2.75) is 13.8 Å². The maximum Gasteiger partial charge on any atom is 0.257 e. The predicted octanol–water partition coefficient (Wildman–Crippen LogP) is 3.60. The molecule has 0 radical (unpaired) electrons. The van der Waals surface area contributed by atoms with Gasteiger partial charge in [-0.05, 0) is 49.2 Å². The van der Waals surface area contributed by atoms with Crippen molar-refractivity contribution in [2.75, 3.05) is 10.7 Å². The summed E-state index contributed by atoms with van der Waals surface area (Å²) in [6.45, 7) is 3.94. The highest BCUT2D eigenvalue weighted by Gasteiger charge is 2.11. The highest BCUT2D eigenvalue weighted by molar-refractivity contribution is 9.10. The maximum absolute atomic E-state index is 12.3. The first-order chi connectivity index (χ1) is 9.51. The number of amides is 1. The molecular weight excluding hydrogens is 318 g/mol. The molecule has 104 valence electrons. The topological polar surface area (TPSA) is 67.2 Å². The molecule has 1 amide bonds. The van der Waals surface area contributed by atoms with Crippen molar-refractivity contribution >= 4 is 33.2 Å². The van der Waals surface area contributed by atoms with Crippen LogP contribution in [0.4, 0.5) is 11.4 Å². The fourth-order valence-corrected chi connectivity index (χ4v) is 2.22. The summed E-state index contributed by atoms with van der Waals surface area (Å²) in [7, 11) is 0. The minimum Gasteiger partial charge on any atom is -0.323 e. The van der Waals surface area contributed by atoms with Gasteiger partial charge in [-0.25, -0.2) is 0 Å². The van der Waals surface area contributed by atoms with Crippen molar-refractivity contribution in [3.63, 3.8) is 0 Å². The van der Waals surface area contributed by atoms with Gasteiger partial charge in [0.05, 0.1) is 11.3 Å². The molecule has 5 heteroatoms. The van der Waals surface area contributed by atoms with E-state index in [2.05, 4.69) is 26.7 Å². The predicted molar refractivity (Wildman–Crippen MR) is 85.8 cm³/mol. The standard InChI is InChI=1S/C15H16BrN3O/c1-9-3-6-12(14(7-9)19-17)15(20)18-11-5-4-10(2)13(16)8-11/h3-8,19H,17H2,1-2H3,(H,18,20). The fourth-order valence-electron chi connectivity index (χ4n) is 1.84. The highest BCUT2D eigenvalue weighted by atomic mass is 79.9. The molecule has 0 fully saturated rings. The first-order valence-corrected chi connectivity index (χ1v) is 6.95. The van der Waals surface area contributed by atoms with Crippen molar-refractivity contribution in [1.29, 1.82) is 0 Å². The van der Waals surface area contributed by atoms with E-state index in [1.54, 1.807) is 6.07 Å². The number of benzene rings is 2. The Morgan fingerprint density at radius 2 is 1.90 bits per heavy atom. The lowest BCUT2D eigenvalue weighted by Crippen LogP contribution is -2.17. The lowest BCUT2D eigenvalue weighted by Gasteiger charge is -2.11. The van der Waals surface area contributed by atoms with Gasteiger partial charge < -0.3 is 10.7 Å². The number of carbonyl (C=O) groups excluding carboxylic acids is 1. The zero-order valence-electron chi connectivity index (χ0n) is 11.3. The van der Waals surface area contributed by atoms with Gasteiger partial charge in [0.1, 0.15) is 0 Å². The Hall–Kier alpha value is -1.85. The lowest BCUT2D eigenvalue weighted by atomic mass is 10.1. The Balaban J connectivity index is 2.25. The van der Waals surface area contributed by atoms with Gasteiger partial charge in [0.25, 0.3) is 5.91 Å². The third kappa shape index (κ3) is 3.18. The van der Waals surface area contributed by atoms with Crippen LogP contribution in [0, 0.1) is 13.8 Å². The number of nitrogens with one attached hydrogen (secondary N) is 2. The number of nitrogen functional groups attached to an aromatic ring is 1. The van der Waals surface area contributed by atoms with E-state index in [1.807, 2.05) is 44.2 Å². The average Bonchev–Trinajstić information content (AvgIpc) is 2.42. The molecule has 0 saturated heterocycles. The SMILES string of the molecule is Cc1ccc(C(=O)Nc2ccc(C)c(Br)c2)c(NN)c1. The van der Waals surface area contributed by atoms with E-state index in [9.17, 15) is 4.79 Å². The van der Waals surface area contributed by atoms with Crippen LogP contribution < -0.4 is 16.6 Å². The first kappa shape index (κ1) is 14.6. The molecule has 2 aromatic rings. The van der Waals surface area contributed by atoms with Crippen molar-refractivity contribution < 1.29 is 4.79 Å². The Bertz CT molecular complexity index is 656.